The number of methoxy groups -OCH3 is 1. The van der Waals surface area contributed by atoms with E-state index in [1.54, 1.807) is 36.4 Å². The van der Waals surface area contributed by atoms with Gasteiger partial charge in [0.1, 0.15) is 5.82 Å². The van der Waals surface area contributed by atoms with Crippen molar-refractivity contribution in [3.8, 4) is 22.9 Å². The summed E-state index contributed by atoms with van der Waals surface area (Å²) >= 11 is 0. The summed E-state index contributed by atoms with van der Waals surface area (Å²) in [6.45, 7) is -0.575. The highest BCUT2D eigenvalue weighted by molar-refractivity contribution is 6.22. The number of hydrogen-bond donors (Lipinski definition) is 3. The molecule has 0 aliphatic carbocycles. The first-order chi connectivity index (χ1) is 18.3. The molecule has 1 aromatic heterocycles. The van der Waals surface area contributed by atoms with E-state index in [2.05, 4.69) is 15.4 Å². The number of carbonyl (C=O) groups is 4. The third kappa shape index (κ3) is 4.30. The van der Waals surface area contributed by atoms with E-state index in [0.717, 1.165) is 6.07 Å². The number of aromatic carboxylic acids is 1. The number of hydrazine groups is 1. The molecular formula is C26H18N4O8. The number of para-hydroxylation sites is 1. The number of amides is 3. The van der Waals surface area contributed by atoms with Gasteiger partial charge in [-0.05, 0) is 48.5 Å². The van der Waals surface area contributed by atoms with Crippen LogP contribution in [0.4, 0.5) is 0 Å². The molecular weight excluding hydrogens is 496 g/mol. The maximum absolute atomic E-state index is 12.6. The van der Waals surface area contributed by atoms with Gasteiger partial charge >= 0.3 is 5.97 Å². The molecule has 0 saturated carbocycles. The predicted octanol–water partition coefficient (Wildman–Crippen LogP) is 2.00. The van der Waals surface area contributed by atoms with E-state index in [4.69, 9.17) is 14.6 Å². The van der Waals surface area contributed by atoms with Crippen LogP contribution in [-0.4, -0.2) is 57.5 Å². The molecule has 0 radical (unpaired) electrons. The minimum absolute atomic E-state index is 0.0289. The minimum Gasteiger partial charge on any atom is -0.493 e. The molecule has 12 nitrogen and oxygen atoms in total. The van der Waals surface area contributed by atoms with E-state index in [9.17, 15) is 24.0 Å². The maximum Gasteiger partial charge on any atom is 0.335 e. The van der Waals surface area contributed by atoms with Crippen LogP contribution >= 0.6 is 0 Å². The SMILES string of the molecule is COc1cc(-c2nc3ccccc3c(=O)[nH]2)ccc1OCC(=O)NN1C(=O)c2ccc(C(=O)O)cc2C1=O. The van der Waals surface area contributed by atoms with Crippen molar-refractivity contribution in [1.82, 2.24) is 20.4 Å². The van der Waals surface area contributed by atoms with Gasteiger partial charge in [0.25, 0.3) is 23.3 Å². The topological polar surface area (TPSA) is 168 Å². The number of nitrogens with one attached hydrogen (secondary N) is 2. The third-order valence-electron chi connectivity index (χ3n) is 5.78. The van der Waals surface area contributed by atoms with Crippen molar-refractivity contribution in [2.24, 2.45) is 0 Å². The minimum atomic E-state index is -1.26. The first-order valence-corrected chi connectivity index (χ1v) is 11.1. The van der Waals surface area contributed by atoms with Crippen LogP contribution in [0.1, 0.15) is 31.1 Å². The molecule has 5 rings (SSSR count). The Balaban J connectivity index is 1.29. The van der Waals surface area contributed by atoms with Gasteiger partial charge < -0.3 is 19.6 Å². The van der Waals surface area contributed by atoms with E-state index >= 15 is 0 Å². The lowest BCUT2D eigenvalue weighted by Gasteiger charge is -2.16. The average Bonchev–Trinajstić information content (AvgIpc) is 3.15. The van der Waals surface area contributed by atoms with Gasteiger partial charge in [0, 0.05) is 5.56 Å². The van der Waals surface area contributed by atoms with Crippen molar-refractivity contribution in [3.63, 3.8) is 0 Å². The molecule has 0 atom stereocenters. The molecule has 0 spiro atoms. The zero-order valence-electron chi connectivity index (χ0n) is 19.7. The summed E-state index contributed by atoms with van der Waals surface area (Å²) in [5.74, 6) is -2.99. The van der Waals surface area contributed by atoms with Gasteiger partial charge in [0.15, 0.2) is 18.1 Å². The van der Waals surface area contributed by atoms with Crippen molar-refractivity contribution in [2.45, 2.75) is 0 Å². The van der Waals surface area contributed by atoms with Crippen LogP contribution in [0.5, 0.6) is 11.5 Å². The zero-order chi connectivity index (χ0) is 27.0. The highest BCUT2D eigenvalue weighted by Crippen LogP contribution is 2.31. The Morgan fingerprint density at radius 1 is 0.974 bits per heavy atom. The molecule has 0 saturated heterocycles. The fourth-order valence-corrected chi connectivity index (χ4v) is 3.93. The van der Waals surface area contributed by atoms with Gasteiger partial charge in [-0.15, -0.1) is 0 Å². The Morgan fingerprint density at radius 2 is 1.74 bits per heavy atom. The van der Waals surface area contributed by atoms with Gasteiger partial charge in [-0.1, -0.05) is 12.1 Å². The van der Waals surface area contributed by atoms with Crippen molar-refractivity contribution < 1.29 is 33.8 Å². The summed E-state index contributed by atoms with van der Waals surface area (Å²) in [4.78, 5) is 68.3. The number of carbonyl (C=O) groups excluding carboxylic acids is 3. The standard InChI is InChI=1S/C26H18N4O8/c1-37-20-11-13(22-27-18-5-3-2-4-16(18)23(32)28-22)7-9-19(20)38-12-21(31)29-30-24(33)15-8-6-14(26(35)36)10-17(15)25(30)34/h2-11H,12H2,1H3,(H,29,31)(H,35,36)(H,27,28,32). The molecule has 0 fully saturated rings. The number of carboxylic acid groups (broad SMARTS) is 1. The van der Waals surface area contributed by atoms with Gasteiger partial charge in [-0.25, -0.2) is 9.78 Å². The Morgan fingerprint density at radius 3 is 2.50 bits per heavy atom. The summed E-state index contributed by atoms with van der Waals surface area (Å²) in [6, 6.07) is 15.1. The van der Waals surface area contributed by atoms with Crippen LogP contribution in [0.3, 0.4) is 0 Å². The first-order valence-electron chi connectivity index (χ1n) is 11.1. The van der Waals surface area contributed by atoms with E-state index in [1.165, 1.54) is 25.3 Å². The number of benzene rings is 3. The van der Waals surface area contributed by atoms with E-state index < -0.39 is 30.3 Å². The van der Waals surface area contributed by atoms with E-state index in [0.29, 0.717) is 27.3 Å². The second-order valence-electron chi connectivity index (χ2n) is 8.13. The van der Waals surface area contributed by atoms with Gasteiger partial charge in [-0.3, -0.25) is 24.6 Å². The number of fused-ring (bicyclic) bond motifs is 2. The fourth-order valence-electron chi connectivity index (χ4n) is 3.93. The van der Waals surface area contributed by atoms with Crippen LogP contribution in [0, 0.1) is 0 Å². The molecule has 12 heteroatoms. The lowest BCUT2D eigenvalue weighted by molar-refractivity contribution is -0.126. The van der Waals surface area contributed by atoms with Crippen LogP contribution in [0.15, 0.2) is 65.5 Å². The first kappa shape index (κ1) is 24.2. The number of H-pyrrole nitrogens is 1. The predicted molar refractivity (Wildman–Crippen MR) is 132 cm³/mol. The second kappa shape index (κ2) is 9.50. The highest BCUT2D eigenvalue weighted by atomic mass is 16.5. The number of rotatable bonds is 7. The monoisotopic (exact) mass is 514 g/mol. The van der Waals surface area contributed by atoms with Gasteiger partial charge in [0.2, 0.25) is 0 Å². The third-order valence-corrected chi connectivity index (χ3v) is 5.78. The highest BCUT2D eigenvalue weighted by Gasteiger charge is 2.37. The largest absolute Gasteiger partial charge is 0.493 e. The number of ether oxygens (including phenoxy) is 2. The summed E-state index contributed by atoms with van der Waals surface area (Å²) in [5, 5.41) is 10.1. The Labute approximate surface area is 213 Å². The maximum atomic E-state index is 12.6. The molecule has 0 unspecified atom stereocenters. The molecule has 3 amide bonds. The average molecular weight is 514 g/mol. The summed E-state index contributed by atoms with van der Waals surface area (Å²) in [6.07, 6.45) is 0. The van der Waals surface area contributed by atoms with Crippen LogP contribution < -0.4 is 20.5 Å². The summed E-state index contributed by atoms with van der Waals surface area (Å²) in [5.41, 5.74) is 2.61. The molecule has 0 bridgehead atoms. The van der Waals surface area contributed by atoms with Crippen LogP contribution in [-0.2, 0) is 4.79 Å². The second-order valence-corrected chi connectivity index (χ2v) is 8.13. The molecule has 2 heterocycles. The summed E-state index contributed by atoms with van der Waals surface area (Å²) in [7, 11) is 1.40. The molecule has 3 N–H and O–H groups in total. The molecule has 38 heavy (non-hydrogen) atoms. The van der Waals surface area contributed by atoms with Crippen molar-refractivity contribution in [2.75, 3.05) is 13.7 Å². The van der Waals surface area contributed by atoms with Crippen LogP contribution in [0.25, 0.3) is 22.3 Å². The smallest absolute Gasteiger partial charge is 0.335 e. The molecule has 1 aliphatic heterocycles. The van der Waals surface area contributed by atoms with E-state index in [-0.39, 0.29) is 33.7 Å². The van der Waals surface area contributed by atoms with Gasteiger partial charge in [0.05, 0.1) is 34.7 Å². The number of aromatic amines is 1. The number of imide groups is 1. The van der Waals surface area contributed by atoms with Crippen LogP contribution in [0.2, 0.25) is 0 Å². The zero-order valence-corrected chi connectivity index (χ0v) is 19.7. The van der Waals surface area contributed by atoms with Crippen molar-refractivity contribution in [1.29, 1.82) is 0 Å². The molecule has 4 aromatic rings. The lowest BCUT2D eigenvalue weighted by atomic mass is 10.1. The normalized spacial score (nSPS) is 12.4. The van der Waals surface area contributed by atoms with Crippen molar-refractivity contribution in [3.05, 3.63) is 87.7 Å². The van der Waals surface area contributed by atoms with Gasteiger partial charge in [-0.2, -0.15) is 5.01 Å². The number of nitrogens with zero attached hydrogens (tertiary/aromatic N) is 2. The summed E-state index contributed by atoms with van der Waals surface area (Å²) < 4.78 is 10.9. The Kier molecular flexibility index (Phi) is 6.05. The Hall–Kier alpha value is -5.52. The molecule has 1 aliphatic rings. The molecule has 190 valence electrons. The van der Waals surface area contributed by atoms with Crippen molar-refractivity contribution >= 4 is 34.6 Å². The fraction of sp³-hybridized carbons (Fsp3) is 0.0769. The van der Waals surface area contributed by atoms with E-state index in [1.807, 2.05) is 0 Å². The number of carboxylic acids is 1. The molecule has 3 aromatic carbocycles. The lowest BCUT2D eigenvalue weighted by Crippen LogP contribution is -2.47. The quantitative estimate of drug-likeness (QED) is 0.312. The number of hydrogen-bond acceptors (Lipinski definition) is 8. The number of aromatic nitrogens is 2. The Bertz CT molecular complexity index is 1710.